The molecular weight excluding hydrogens is 276 g/mol. The van der Waals surface area contributed by atoms with Gasteiger partial charge in [-0.1, -0.05) is 13.0 Å². The molecule has 1 aromatic carbocycles. The molecule has 0 aliphatic carbocycles. The third kappa shape index (κ3) is 3.87. The first-order valence-corrected chi connectivity index (χ1v) is 7.85. The Balaban J connectivity index is 2.13. The van der Waals surface area contributed by atoms with Gasteiger partial charge in [-0.2, -0.15) is 11.3 Å². The summed E-state index contributed by atoms with van der Waals surface area (Å²) in [6, 6.07) is 5.83. The Kier molecular flexibility index (Phi) is 5.68. The lowest BCUT2D eigenvalue weighted by atomic mass is 9.98. The van der Waals surface area contributed by atoms with Crippen molar-refractivity contribution in [2.24, 2.45) is 0 Å². The highest BCUT2D eigenvalue weighted by molar-refractivity contribution is 7.07. The van der Waals surface area contributed by atoms with Crippen LogP contribution in [-0.2, 0) is 6.42 Å². The number of aryl methyl sites for hydroxylation is 1. The van der Waals surface area contributed by atoms with Gasteiger partial charge in [0.25, 0.3) is 0 Å². The third-order valence-corrected chi connectivity index (χ3v) is 4.02. The summed E-state index contributed by atoms with van der Waals surface area (Å²) in [7, 11) is 0. The van der Waals surface area contributed by atoms with Crippen LogP contribution < -0.4 is 5.32 Å². The number of rotatable bonds is 7. The summed E-state index contributed by atoms with van der Waals surface area (Å²) in [4.78, 5) is 0. The summed E-state index contributed by atoms with van der Waals surface area (Å²) in [6.07, 6.45) is 2.44. The first-order valence-electron chi connectivity index (χ1n) is 6.90. The number of thiophene rings is 1. The minimum atomic E-state index is -0.469. The second-order valence-corrected chi connectivity index (χ2v) is 5.59. The average molecular weight is 295 g/mol. The summed E-state index contributed by atoms with van der Waals surface area (Å²) in [6.45, 7) is 2.79. The molecule has 2 aromatic rings. The quantitative estimate of drug-likeness (QED) is 0.780. The first-order chi connectivity index (χ1) is 9.72. The molecule has 0 spiro atoms. The molecule has 108 valence electrons. The van der Waals surface area contributed by atoms with Gasteiger partial charge in [-0.05, 0) is 60.3 Å². The molecule has 1 N–H and O–H groups in total. The summed E-state index contributed by atoms with van der Waals surface area (Å²) in [5.74, 6) is -0.937. The summed E-state index contributed by atoms with van der Waals surface area (Å²) in [5.41, 5.74) is 1.38. The first kappa shape index (κ1) is 15.1. The maximum atomic E-state index is 13.9. The van der Waals surface area contributed by atoms with Crippen LogP contribution in [-0.4, -0.2) is 6.54 Å². The lowest BCUT2D eigenvalue weighted by Crippen LogP contribution is -2.24. The molecule has 1 atom stereocenters. The van der Waals surface area contributed by atoms with E-state index in [1.807, 2.05) is 12.3 Å². The van der Waals surface area contributed by atoms with Crippen molar-refractivity contribution in [1.29, 1.82) is 0 Å². The van der Waals surface area contributed by atoms with Crippen molar-refractivity contribution < 1.29 is 8.78 Å². The average Bonchev–Trinajstić information content (AvgIpc) is 2.94. The monoisotopic (exact) mass is 295 g/mol. The molecule has 1 heterocycles. The molecule has 1 nitrogen and oxygen atoms in total. The van der Waals surface area contributed by atoms with E-state index in [2.05, 4.69) is 16.8 Å². The van der Waals surface area contributed by atoms with Crippen molar-refractivity contribution in [3.05, 3.63) is 57.8 Å². The fourth-order valence-electron chi connectivity index (χ4n) is 2.26. The Hall–Kier alpha value is -1.26. The van der Waals surface area contributed by atoms with E-state index in [4.69, 9.17) is 0 Å². The van der Waals surface area contributed by atoms with Gasteiger partial charge in [0.1, 0.15) is 11.6 Å². The smallest absolute Gasteiger partial charge is 0.130 e. The van der Waals surface area contributed by atoms with E-state index in [-0.39, 0.29) is 11.6 Å². The molecule has 0 fully saturated rings. The number of nitrogens with one attached hydrogen (secondary N) is 1. The van der Waals surface area contributed by atoms with E-state index < -0.39 is 11.6 Å². The molecule has 0 amide bonds. The van der Waals surface area contributed by atoms with Gasteiger partial charge < -0.3 is 5.32 Å². The van der Waals surface area contributed by atoms with Crippen LogP contribution in [0.4, 0.5) is 8.78 Å². The summed E-state index contributed by atoms with van der Waals surface area (Å²) < 4.78 is 27.8. The van der Waals surface area contributed by atoms with Gasteiger partial charge in [-0.15, -0.1) is 0 Å². The predicted octanol–water partition coefficient (Wildman–Crippen LogP) is 4.70. The van der Waals surface area contributed by atoms with Crippen molar-refractivity contribution >= 4 is 11.3 Å². The Morgan fingerprint density at radius 1 is 1.20 bits per heavy atom. The third-order valence-electron chi connectivity index (χ3n) is 3.29. The molecule has 0 aliphatic heterocycles. The maximum Gasteiger partial charge on any atom is 0.130 e. The SMILES string of the molecule is CCCNC(CCc1ccsc1)c1c(F)cccc1F. The molecule has 20 heavy (non-hydrogen) atoms. The molecule has 2 rings (SSSR count). The molecule has 4 heteroatoms. The number of benzene rings is 1. The Morgan fingerprint density at radius 2 is 1.95 bits per heavy atom. The van der Waals surface area contributed by atoms with Crippen LogP contribution in [0.5, 0.6) is 0 Å². The molecule has 0 saturated heterocycles. The van der Waals surface area contributed by atoms with Crippen LogP contribution in [0, 0.1) is 11.6 Å². The van der Waals surface area contributed by atoms with Gasteiger partial charge in [0.15, 0.2) is 0 Å². The minimum Gasteiger partial charge on any atom is -0.310 e. The van der Waals surface area contributed by atoms with Crippen molar-refractivity contribution in [3.8, 4) is 0 Å². The number of halogens is 2. The van der Waals surface area contributed by atoms with Crippen LogP contribution in [0.15, 0.2) is 35.0 Å². The van der Waals surface area contributed by atoms with E-state index in [1.165, 1.54) is 23.8 Å². The van der Waals surface area contributed by atoms with E-state index in [0.717, 1.165) is 19.4 Å². The summed E-state index contributed by atoms with van der Waals surface area (Å²) >= 11 is 1.64. The molecule has 1 aromatic heterocycles. The van der Waals surface area contributed by atoms with Gasteiger partial charge >= 0.3 is 0 Å². The van der Waals surface area contributed by atoms with Gasteiger partial charge in [-0.3, -0.25) is 0 Å². The van der Waals surface area contributed by atoms with Crippen molar-refractivity contribution in [2.45, 2.75) is 32.2 Å². The number of hydrogen-bond donors (Lipinski definition) is 1. The largest absolute Gasteiger partial charge is 0.310 e. The fraction of sp³-hybridized carbons (Fsp3) is 0.375. The van der Waals surface area contributed by atoms with Crippen LogP contribution in [0.3, 0.4) is 0 Å². The Labute approximate surface area is 122 Å². The number of hydrogen-bond acceptors (Lipinski definition) is 2. The zero-order valence-corrected chi connectivity index (χ0v) is 12.4. The van der Waals surface area contributed by atoms with Crippen LogP contribution in [0.2, 0.25) is 0 Å². The lowest BCUT2D eigenvalue weighted by molar-refractivity contribution is 0.446. The van der Waals surface area contributed by atoms with Crippen molar-refractivity contribution in [2.75, 3.05) is 6.54 Å². The fourth-order valence-corrected chi connectivity index (χ4v) is 2.96. The van der Waals surface area contributed by atoms with Crippen LogP contribution in [0.25, 0.3) is 0 Å². The predicted molar refractivity (Wildman–Crippen MR) is 80.0 cm³/mol. The van der Waals surface area contributed by atoms with Crippen molar-refractivity contribution in [1.82, 2.24) is 5.32 Å². The highest BCUT2D eigenvalue weighted by Gasteiger charge is 2.19. The van der Waals surface area contributed by atoms with E-state index in [9.17, 15) is 8.78 Å². The van der Waals surface area contributed by atoms with Crippen LogP contribution >= 0.6 is 11.3 Å². The van der Waals surface area contributed by atoms with Gasteiger partial charge in [0.2, 0.25) is 0 Å². The highest BCUT2D eigenvalue weighted by atomic mass is 32.1. The highest BCUT2D eigenvalue weighted by Crippen LogP contribution is 2.25. The molecule has 0 bridgehead atoms. The van der Waals surface area contributed by atoms with Crippen LogP contribution in [0.1, 0.15) is 36.9 Å². The van der Waals surface area contributed by atoms with Gasteiger partial charge in [-0.25, -0.2) is 8.78 Å². The topological polar surface area (TPSA) is 12.0 Å². The summed E-state index contributed by atoms with van der Waals surface area (Å²) in [5, 5.41) is 7.35. The van der Waals surface area contributed by atoms with E-state index >= 15 is 0 Å². The Bertz CT molecular complexity index is 505. The normalized spacial score (nSPS) is 12.6. The molecule has 1 unspecified atom stereocenters. The van der Waals surface area contributed by atoms with Crippen molar-refractivity contribution in [3.63, 3.8) is 0 Å². The van der Waals surface area contributed by atoms with E-state index in [0.29, 0.717) is 6.42 Å². The zero-order valence-electron chi connectivity index (χ0n) is 11.5. The van der Waals surface area contributed by atoms with Gasteiger partial charge in [0, 0.05) is 11.6 Å². The molecule has 0 saturated carbocycles. The molecule has 0 radical (unpaired) electrons. The zero-order chi connectivity index (χ0) is 14.4. The molecule has 0 aliphatic rings. The maximum absolute atomic E-state index is 13.9. The van der Waals surface area contributed by atoms with Gasteiger partial charge in [0.05, 0.1) is 0 Å². The lowest BCUT2D eigenvalue weighted by Gasteiger charge is -2.20. The standard InChI is InChI=1S/C16H19F2NS/c1-2-9-19-15(7-6-12-8-10-20-11-12)16-13(17)4-3-5-14(16)18/h3-5,8,10-11,15,19H,2,6-7,9H2,1H3. The second-order valence-electron chi connectivity index (χ2n) is 4.81. The second kappa shape index (κ2) is 7.50. The molecular formula is C16H19F2NS. The minimum absolute atomic E-state index is 0.163. The van der Waals surface area contributed by atoms with E-state index in [1.54, 1.807) is 11.3 Å². The Morgan fingerprint density at radius 3 is 2.55 bits per heavy atom.